The number of aliphatic hydroxyl groups is 1. The summed E-state index contributed by atoms with van der Waals surface area (Å²) in [6, 6.07) is 0. The van der Waals surface area contributed by atoms with Gasteiger partial charge >= 0.3 is 5.97 Å². The van der Waals surface area contributed by atoms with Gasteiger partial charge in [0.25, 0.3) is 0 Å². The molecular weight excluding hydrogens is 208 g/mol. The predicted octanol–water partition coefficient (Wildman–Crippen LogP) is -0.158. The zero-order chi connectivity index (χ0) is 12.4. The topological polar surface area (TPSA) is 61.8 Å². The maximum absolute atomic E-state index is 11.0. The Morgan fingerprint density at radius 1 is 1.38 bits per heavy atom. The molecule has 0 fully saturated rings. The molecule has 0 aromatic heterocycles. The van der Waals surface area contributed by atoms with Crippen LogP contribution in [0.4, 0.5) is 0 Å². The first-order valence-corrected chi connectivity index (χ1v) is 5.90. The van der Waals surface area contributed by atoms with E-state index in [1.54, 1.807) is 6.92 Å². The first kappa shape index (κ1) is 15.3. The van der Waals surface area contributed by atoms with Crippen LogP contribution in [0, 0.1) is 0 Å². The van der Waals surface area contributed by atoms with Gasteiger partial charge in [0.15, 0.2) is 0 Å². The maximum Gasteiger partial charge on any atom is 0.319 e. The average Bonchev–Trinajstić information content (AvgIpc) is 2.26. The molecule has 0 aliphatic rings. The van der Waals surface area contributed by atoms with Crippen molar-refractivity contribution in [2.75, 3.05) is 39.3 Å². The Bertz CT molecular complexity index is 184. The number of ether oxygens (including phenoxy) is 1. The number of hydrogen-bond donors (Lipinski definition) is 2. The van der Waals surface area contributed by atoms with Crippen molar-refractivity contribution in [2.45, 2.75) is 26.9 Å². The molecule has 0 rings (SSSR count). The molecule has 0 heterocycles. The summed E-state index contributed by atoms with van der Waals surface area (Å²) in [5.74, 6) is -0.280. The molecule has 1 unspecified atom stereocenters. The standard InChI is InChI=1S/C11H24N2O3/c1-4-13(5-2)9-10(14)7-12-8-11(15)16-6-3/h10,12,14H,4-9H2,1-3H3. The third kappa shape index (κ3) is 7.62. The predicted molar refractivity (Wildman–Crippen MR) is 63.3 cm³/mol. The second-order valence-corrected chi connectivity index (χ2v) is 3.58. The number of rotatable bonds is 9. The summed E-state index contributed by atoms with van der Waals surface area (Å²) in [6.45, 7) is 9.32. The molecule has 5 nitrogen and oxygen atoms in total. The van der Waals surface area contributed by atoms with Gasteiger partial charge in [0.05, 0.1) is 19.3 Å². The van der Waals surface area contributed by atoms with Crippen LogP contribution in [-0.2, 0) is 9.53 Å². The zero-order valence-electron chi connectivity index (χ0n) is 10.5. The van der Waals surface area contributed by atoms with E-state index in [0.29, 0.717) is 19.7 Å². The van der Waals surface area contributed by atoms with Gasteiger partial charge in [-0.25, -0.2) is 0 Å². The quantitative estimate of drug-likeness (QED) is 0.541. The van der Waals surface area contributed by atoms with Gasteiger partial charge in [-0.3, -0.25) is 4.79 Å². The minimum atomic E-state index is -0.450. The largest absolute Gasteiger partial charge is 0.465 e. The van der Waals surface area contributed by atoms with E-state index in [1.807, 2.05) is 0 Å². The molecule has 5 heteroatoms. The van der Waals surface area contributed by atoms with Crippen LogP contribution in [0.15, 0.2) is 0 Å². The number of likely N-dealkylation sites (N-methyl/N-ethyl adjacent to an activating group) is 1. The van der Waals surface area contributed by atoms with Crippen molar-refractivity contribution < 1.29 is 14.6 Å². The van der Waals surface area contributed by atoms with E-state index in [2.05, 4.69) is 24.1 Å². The zero-order valence-corrected chi connectivity index (χ0v) is 10.5. The van der Waals surface area contributed by atoms with Gasteiger partial charge in [0.2, 0.25) is 0 Å². The first-order valence-electron chi connectivity index (χ1n) is 5.90. The number of hydrogen-bond acceptors (Lipinski definition) is 5. The summed E-state index contributed by atoms with van der Waals surface area (Å²) in [7, 11) is 0. The van der Waals surface area contributed by atoms with Gasteiger partial charge < -0.3 is 20.1 Å². The monoisotopic (exact) mass is 232 g/mol. The van der Waals surface area contributed by atoms with Gasteiger partial charge in [0, 0.05) is 13.1 Å². The van der Waals surface area contributed by atoms with Crippen molar-refractivity contribution in [2.24, 2.45) is 0 Å². The van der Waals surface area contributed by atoms with Crippen LogP contribution in [0.2, 0.25) is 0 Å². The van der Waals surface area contributed by atoms with E-state index in [4.69, 9.17) is 4.74 Å². The summed E-state index contributed by atoms with van der Waals surface area (Å²) in [5.41, 5.74) is 0. The SMILES string of the molecule is CCOC(=O)CNCC(O)CN(CC)CC. The highest BCUT2D eigenvalue weighted by atomic mass is 16.5. The summed E-state index contributed by atoms with van der Waals surface area (Å²) in [5, 5.41) is 12.5. The molecule has 0 aliphatic carbocycles. The van der Waals surface area contributed by atoms with Gasteiger partial charge in [-0.2, -0.15) is 0 Å². The van der Waals surface area contributed by atoms with E-state index in [9.17, 15) is 9.90 Å². The summed E-state index contributed by atoms with van der Waals surface area (Å²) in [6.07, 6.45) is -0.450. The molecule has 0 aliphatic heterocycles. The Labute approximate surface area is 97.8 Å². The molecule has 0 radical (unpaired) electrons. The molecular formula is C11H24N2O3. The highest BCUT2D eigenvalue weighted by molar-refractivity contribution is 5.71. The number of aliphatic hydroxyl groups excluding tert-OH is 1. The fourth-order valence-corrected chi connectivity index (χ4v) is 1.40. The summed E-state index contributed by atoms with van der Waals surface area (Å²) < 4.78 is 4.75. The number of carbonyl (C=O) groups is 1. The molecule has 0 aromatic rings. The molecule has 2 N–H and O–H groups in total. The maximum atomic E-state index is 11.0. The van der Waals surface area contributed by atoms with E-state index < -0.39 is 6.10 Å². The lowest BCUT2D eigenvalue weighted by Gasteiger charge is -2.21. The number of carbonyl (C=O) groups excluding carboxylic acids is 1. The lowest BCUT2D eigenvalue weighted by molar-refractivity contribution is -0.142. The molecule has 0 saturated carbocycles. The van der Waals surface area contributed by atoms with Crippen LogP contribution in [-0.4, -0.2) is 61.4 Å². The highest BCUT2D eigenvalue weighted by Gasteiger charge is 2.09. The van der Waals surface area contributed by atoms with Crippen molar-refractivity contribution >= 4 is 5.97 Å². The molecule has 0 amide bonds. The van der Waals surface area contributed by atoms with Crippen LogP contribution in [0.5, 0.6) is 0 Å². The Morgan fingerprint density at radius 3 is 2.50 bits per heavy atom. The first-order chi connectivity index (χ1) is 7.63. The number of esters is 1. The van der Waals surface area contributed by atoms with Gasteiger partial charge in [-0.05, 0) is 20.0 Å². The Kier molecular flexibility index (Phi) is 9.18. The van der Waals surface area contributed by atoms with E-state index in [1.165, 1.54) is 0 Å². The average molecular weight is 232 g/mol. The normalized spacial score (nSPS) is 12.8. The lowest BCUT2D eigenvalue weighted by Crippen LogP contribution is -2.39. The third-order valence-corrected chi connectivity index (χ3v) is 2.32. The van der Waals surface area contributed by atoms with E-state index in [0.717, 1.165) is 13.1 Å². The summed E-state index contributed by atoms with van der Waals surface area (Å²) in [4.78, 5) is 13.1. The molecule has 1 atom stereocenters. The van der Waals surface area contributed by atoms with E-state index >= 15 is 0 Å². The van der Waals surface area contributed by atoms with E-state index in [-0.39, 0.29) is 12.5 Å². The summed E-state index contributed by atoms with van der Waals surface area (Å²) >= 11 is 0. The fourth-order valence-electron chi connectivity index (χ4n) is 1.40. The second kappa shape index (κ2) is 9.57. The van der Waals surface area contributed by atoms with Crippen molar-refractivity contribution in [1.29, 1.82) is 0 Å². The molecule has 0 aromatic carbocycles. The molecule has 16 heavy (non-hydrogen) atoms. The van der Waals surface area contributed by atoms with Crippen LogP contribution in [0.3, 0.4) is 0 Å². The highest BCUT2D eigenvalue weighted by Crippen LogP contribution is 1.91. The van der Waals surface area contributed by atoms with Crippen LogP contribution in [0.1, 0.15) is 20.8 Å². The molecule has 0 saturated heterocycles. The van der Waals surface area contributed by atoms with Crippen molar-refractivity contribution in [3.05, 3.63) is 0 Å². The molecule has 96 valence electrons. The van der Waals surface area contributed by atoms with Gasteiger partial charge in [0.1, 0.15) is 0 Å². The minimum Gasteiger partial charge on any atom is -0.465 e. The van der Waals surface area contributed by atoms with Crippen LogP contribution in [0.25, 0.3) is 0 Å². The lowest BCUT2D eigenvalue weighted by atomic mass is 10.3. The van der Waals surface area contributed by atoms with Crippen molar-refractivity contribution in [3.63, 3.8) is 0 Å². The van der Waals surface area contributed by atoms with Gasteiger partial charge in [-0.15, -0.1) is 0 Å². The molecule has 0 spiro atoms. The Balaban J connectivity index is 3.56. The Hall–Kier alpha value is -0.650. The second-order valence-electron chi connectivity index (χ2n) is 3.58. The fraction of sp³-hybridized carbons (Fsp3) is 0.909. The molecule has 0 bridgehead atoms. The van der Waals surface area contributed by atoms with Crippen molar-refractivity contribution in [1.82, 2.24) is 10.2 Å². The Morgan fingerprint density at radius 2 is 2.00 bits per heavy atom. The van der Waals surface area contributed by atoms with Crippen LogP contribution >= 0.6 is 0 Å². The van der Waals surface area contributed by atoms with Gasteiger partial charge in [-0.1, -0.05) is 13.8 Å². The minimum absolute atomic E-state index is 0.156. The smallest absolute Gasteiger partial charge is 0.319 e. The number of nitrogens with zero attached hydrogens (tertiary/aromatic N) is 1. The number of nitrogens with one attached hydrogen (secondary N) is 1. The third-order valence-electron chi connectivity index (χ3n) is 2.32. The van der Waals surface area contributed by atoms with Crippen LogP contribution < -0.4 is 5.32 Å². The van der Waals surface area contributed by atoms with Crippen molar-refractivity contribution in [3.8, 4) is 0 Å².